The lowest BCUT2D eigenvalue weighted by atomic mass is 10.2. The quantitative estimate of drug-likeness (QED) is 0.161. The van der Waals surface area contributed by atoms with Gasteiger partial charge in [-0.1, -0.05) is 24.3 Å². The molecule has 0 spiro atoms. The first kappa shape index (κ1) is 24.0. The van der Waals surface area contributed by atoms with Gasteiger partial charge in [0.15, 0.2) is 0 Å². The van der Waals surface area contributed by atoms with E-state index in [4.69, 9.17) is 25.2 Å². The number of oxime groups is 1. The van der Waals surface area contributed by atoms with Crippen LogP contribution in [0.4, 0.5) is 0 Å². The van der Waals surface area contributed by atoms with Crippen molar-refractivity contribution in [2.75, 3.05) is 13.2 Å². The summed E-state index contributed by atoms with van der Waals surface area (Å²) in [6.45, 7) is 2.41. The van der Waals surface area contributed by atoms with Crippen molar-refractivity contribution in [3.05, 3.63) is 60.4 Å². The van der Waals surface area contributed by atoms with Crippen molar-refractivity contribution in [1.82, 2.24) is 4.98 Å². The van der Waals surface area contributed by atoms with Gasteiger partial charge >= 0.3 is 10.1 Å². The third kappa shape index (κ3) is 6.63. The van der Waals surface area contributed by atoms with Crippen molar-refractivity contribution in [2.24, 2.45) is 16.6 Å². The van der Waals surface area contributed by atoms with Crippen LogP contribution >= 0.6 is 12.4 Å². The first-order valence-electron chi connectivity index (χ1n) is 9.08. The normalized spacial score (nSPS) is 10.7. The number of rotatable bonds is 9. The molecule has 0 saturated carbocycles. The molecule has 3 rings (SSSR count). The van der Waals surface area contributed by atoms with Crippen LogP contribution in [0.3, 0.4) is 0 Å². The van der Waals surface area contributed by atoms with Gasteiger partial charge in [-0.25, -0.2) is 0 Å². The summed E-state index contributed by atoms with van der Waals surface area (Å²) in [7, 11) is -4.09. The third-order valence-electron chi connectivity index (χ3n) is 3.95. The SMILES string of the molecule is Cc1cc(OCCCON=C(N)N)cc(OS(=O)(=O)c2cncc3ccccc23)c1.Cl. The molecule has 1 heterocycles. The lowest BCUT2D eigenvalue weighted by Crippen LogP contribution is -2.23. The molecule has 0 aliphatic heterocycles. The maximum Gasteiger partial charge on any atom is 0.341 e. The molecule has 0 aliphatic carbocycles. The van der Waals surface area contributed by atoms with Gasteiger partial charge in [-0.3, -0.25) is 4.98 Å². The van der Waals surface area contributed by atoms with E-state index in [-0.39, 0.29) is 35.6 Å². The van der Waals surface area contributed by atoms with Crippen molar-refractivity contribution in [3.8, 4) is 11.5 Å². The number of hydrogen-bond acceptors (Lipinski definition) is 7. The minimum atomic E-state index is -4.09. The highest BCUT2D eigenvalue weighted by Crippen LogP contribution is 2.28. The largest absolute Gasteiger partial charge is 0.493 e. The van der Waals surface area contributed by atoms with Crippen molar-refractivity contribution in [3.63, 3.8) is 0 Å². The lowest BCUT2D eigenvalue weighted by Gasteiger charge is -2.12. The maximum atomic E-state index is 12.9. The number of guanidine groups is 1. The van der Waals surface area contributed by atoms with Crippen molar-refractivity contribution in [1.29, 1.82) is 0 Å². The second kappa shape index (κ2) is 10.7. The van der Waals surface area contributed by atoms with Crippen LogP contribution in [0.1, 0.15) is 12.0 Å². The smallest absolute Gasteiger partial charge is 0.341 e. The monoisotopic (exact) mass is 466 g/mol. The molecule has 0 fully saturated rings. The minimum Gasteiger partial charge on any atom is -0.493 e. The first-order valence-corrected chi connectivity index (χ1v) is 10.5. The summed E-state index contributed by atoms with van der Waals surface area (Å²) in [5.74, 6) is 0.465. The van der Waals surface area contributed by atoms with Gasteiger partial charge in [-0.15, -0.1) is 12.4 Å². The zero-order valence-corrected chi connectivity index (χ0v) is 18.4. The summed E-state index contributed by atoms with van der Waals surface area (Å²) in [6.07, 6.45) is 3.41. The number of halogens is 1. The summed E-state index contributed by atoms with van der Waals surface area (Å²) in [4.78, 5) is 8.89. The summed E-state index contributed by atoms with van der Waals surface area (Å²) < 4.78 is 36.8. The molecule has 3 aromatic rings. The van der Waals surface area contributed by atoms with Crippen LogP contribution in [-0.4, -0.2) is 32.6 Å². The van der Waals surface area contributed by atoms with Gasteiger partial charge in [0.05, 0.1) is 6.61 Å². The molecule has 0 atom stereocenters. The van der Waals surface area contributed by atoms with E-state index in [1.165, 1.54) is 12.3 Å². The van der Waals surface area contributed by atoms with Crippen LogP contribution in [-0.2, 0) is 15.0 Å². The molecule has 2 aromatic carbocycles. The number of fused-ring (bicyclic) bond motifs is 1. The first-order chi connectivity index (χ1) is 14.3. The summed E-state index contributed by atoms with van der Waals surface area (Å²) >= 11 is 0. The molecule has 166 valence electrons. The van der Waals surface area contributed by atoms with Crippen LogP contribution in [0.2, 0.25) is 0 Å². The van der Waals surface area contributed by atoms with E-state index in [2.05, 4.69) is 10.1 Å². The van der Waals surface area contributed by atoms with Crippen LogP contribution in [0.25, 0.3) is 10.8 Å². The van der Waals surface area contributed by atoms with E-state index in [1.807, 2.05) is 13.0 Å². The fourth-order valence-corrected chi connectivity index (χ4v) is 3.82. The Hall–Kier alpha value is -3.24. The topological polar surface area (TPSA) is 139 Å². The fourth-order valence-electron chi connectivity index (χ4n) is 2.74. The highest BCUT2D eigenvalue weighted by atomic mass is 35.5. The Balaban J connectivity index is 0.00000341. The fraction of sp³-hybridized carbons (Fsp3) is 0.200. The molecule has 0 aliphatic rings. The zero-order valence-electron chi connectivity index (χ0n) is 16.7. The number of nitrogens with two attached hydrogens (primary N) is 2. The van der Waals surface area contributed by atoms with Gasteiger partial charge in [0.25, 0.3) is 0 Å². The highest BCUT2D eigenvalue weighted by molar-refractivity contribution is 7.87. The summed E-state index contributed by atoms with van der Waals surface area (Å²) in [6, 6.07) is 12.0. The van der Waals surface area contributed by atoms with Crippen LogP contribution in [0, 0.1) is 6.92 Å². The minimum absolute atomic E-state index is 0. The van der Waals surface area contributed by atoms with Crippen LogP contribution in [0.5, 0.6) is 11.5 Å². The Morgan fingerprint density at radius 2 is 1.81 bits per heavy atom. The number of pyridine rings is 1. The zero-order chi connectivity index (χ0) is 21.6. The molecule has 0 unspecified atom stereocenters. The van der Waals surface area contributed by atoms with E-state index in [1.54, 1.807) is 36.5 Å². The van der Waals surface area contributed by atoms with E-state index in [0.717, 1.165) is 5.56 Å². The summed E-state index contributed by atoms with van der Waals surface area (Å²) in [5, 5.41) is 4.66. The second-order valence-electron chi connectivity index (χ2n) is 6.43. The number of ether oxygens (including phenoxy) is 1. The van der Waals surface area contributed by atoms with Gasteiger partial charge in [0.2, 0.25) is 5.96 Å². The molecule has 0 amide bonds. The molecular formula is C20H23ClN4O5S. The van der Waals surface area contributed by atoms with Crippen molar-refractivity contribution >= 4 is 39.3 Å². The van der Waals surface area contributed by atoms with E-state index in [9.17, 15) is 8.42 Å². The predicted octanol–water partition coefficient (Wildman–Crippen LogP) is 2.71. The number of aryl methyl sites for hydroxylation is 1. The van der Waals surface area contributed by atoms with Gasteiger partial charge in [0.1, 0.15) is 23.0 Å². The average molecular weight is 467 g/mol. The van der Waals surface area contributed by atoms with E-state index >= 15 is 0 Å². The Morgan fingerprint density at radius 3 is 2.58 bits per heavy atom. The molecule has 0 bridgehead atoms. The molecule has 31 heavy (non-hydrogen) atoms. The molecular weight excluding hydrogens is 444 g/mol. The molecule has 0 radical (unpaired) electrons. The Labute approximate surface area is 186 Å². The van der Waals surface area contributed by atoms with Crippen molar-refractivity contribution < 1.29 is 22.2 Å². The van der Waals surface area contributed by atoms with Crippen LogP contribution in [0.15, 0.2) is 64.9 Å². The Bertz CT molecular complexity index is 1160. The molecule has 9 nitrogen and oxygen atoms in total. The third-order valence-corrected chi connectivity index (χ3v) is 5.23. The molecule has 4 N–H and O–H groups in total. The Kier molecular flexibility index (Phi) is 8.29. The number of benzene rings is 2. The average Bonchev–Trinajstić information content (AvgIpc) is 2.69. The second-order valence-corrected chi connectivity index (χ2v) is 7.94. The van der Waals surface area contributed by atoms with Gasteiger partial charge in [-0.05, 0) is 29.8 Å². The predicted molar refractivity (Wildman–Crippen MR) is 120 cm³/mol. The van der Waals surface area contributed by atoms with Gasteiger partial charge in [0, 0.05) is 35.7 Å². The number of aromatic nitrogens is 1. The standard InChI is InChI=1S/C20H22N4O5S.ClH/c1-14-9-16(27-7-4-8-28-24-20(21)22)11-17(10-14)29-30(25,26)19-13-23-12-15-5-2-3-6-18(15)19;/h2-3,5-6,9-13H,4,7-8H2,1H3,(H4,21,22,24);1H. The van der Waals surface area contributed by atoms with Gasteiger partial charge in [-0.2, -0.15) is 8.42 Å². The molecule has 0 saturated heterocycles. The Morgan fingerprint density at radius 1 is 1.06 bits per heavy atom. The maximum absolute atomic E-state index is 12.9. The summed E-state index contributed by atoms with van der Waals surface area (Å²) in [5.41, 5.74) is 11.1. The van der Waals surface area contributed by atoms with Crippen molar-refractivity contribution in [2.45, 2.75) is 18.2 Å². The van der Waals surface area contributed by atoms with Crippen LogP contribution < -0.4 is 20.4 Å². The van der Waals surface area contributed by atoms with E-state index < -0.39 is 10.1 Å². The molecule has 11 heteroatoms. The number of hydrogen-bond donors (Lipinski definition) is 2. The van der Waals surface area contributed by atoms with Gasteiger partial charge < -0.3 is 25.2 Å². The molecule has 1 aromatic heterocycles. The number of nitrogens with zero attached hydrogens (tertiary/aromatic N) is 2. The van der Waals surface area contributed by atoms with E-state index in [0.29, 0.717) is 29.5 Å². The highest BCUT2D eigenvalue weighted by Gasteiger charge is 2.21. The lowest BCUT2D eigenvalue weighted by molar-refractivity contribution is 0.127.